The molecular formula is C15H14ClNO2. The van der Waals surface area contributed by atoms with Crippen molar-refractivity contribution < 1.29 is 9.21 Å². The van der Waals surface area contributed by atoms with Crippen LogP contribution in [0.5, 0.6) is 0 Å². The third-order valence-corrected chi connectivity index (χ3v) is 3.95. The number of likely N-dealkylation sites (N-methyl/N-ethyl adjacent to an activating group) is 1. The number of alkyl halides is 1. The number of carbonyl (C=O) groups excluding carboxylic acids is 1. The van der Waals surface area contributed by atoms with Crippen molar-refractivity contribution in [2.75, 3.05) is 11.9 Å². The minimum Gasteiger partial charge on any atom is -0.464 e. The van der Waals surface area contributed by atoms with E-state index in [4.69, 9.17) is 16.0 Å². The van der Waals surface area contributed by atoms with Gasteiger partial charge >= 0.3 is 0 Å². The van der Waals surface area contributed by atoms with Gasteiger partial charge in [-0.3, -0.25) is 4.79 Å². The maximum Gasteiger partial charge on any atom is 0.231 e. The molecule has 3 nitrogen and oxygen atoms in total. The molecule has 0 spiro atoms. The Bertz CT molecular complexity index is 647. The van der Waals surface area contributed by atoms with Crippen molar-refractivity contribution in [3.63, 3.8) is 0 Å². The van der Waals surface area contributed by atoms with Crippen LogP contribution in [-0.2, 0) is 11.2 Å². The molecule has 0 aliphatic carbocycles. The Morgan fingerprint density at radius 2 is 2.11 bits per heavy atom. The summed E-state index contributed by atoms with van der Waals surface area (Å²) in [6, 6.07) is 9.67. The Morgan fingerprint density at radius 1 is 1.32 bits per heavy atom. The van der Waals surface area contributed by atoms with Crippen molar-refractivity contribution in [3.05, 3.63) is 53.0 Å². The molecule has 0 radical (unpaired) electrons. The molecule has 0 fully saturated rings. The average Bonchev–Trinajstić information content (AvgIpc) is 2.94. The van der Waals surface area contributed by atoms with Crippen molar-refractivity contribution in [3.8, 4) is 0 Å². The molecule has 2 heterocycles. The maximum absolute atomic E-state index is 11.7. The number of carbonyl (C=O) groups is 1. The Labute approximate surface area is 116 Å². The summed E-state index contributed by atoms with van der Waals surface area (Å²) in [5.74, 6) is 1.70. The molecule has 1 amide bonds. The minimum atomic E-state index is -0.319. The highest BCUT2D eigenvalue weighted by molar-refractivity contribution is 6.22. The van der Waals surface area contributed by atoms with Crippen LogP contribution in [0.4, 0.5) is 5.69 Å². The molecular weight excluding hydrogens is 262 g/mol. The SMILES string of the molecule is Cc1ccc(C(Cl)c2ccc3c(c2)CC(=O)N3C)o1. The van der Waals surface area contributed by atoms with Crippen molar-refractivity contribution >= 4 is 23.2 Å². The summed E-state index contributed by atoms with van der Waals surface area (Å²) in [6.07, 6.45) is 0.445. The molecule has 1 aliphatic heterocycles. The number of benzene rings is 1. The second kappa shape index (κ2) is 4.42. The lowest BCUT2D eigenvalue weighted by atomic mass is 10.0. The van der Waals surface area contributed by atoms with E-state index in [1.54, 1.807) is 11.9 Å². The van der Waals surface area contributed by atoms with Crippen molar-refractivity contribution in [1.29, 1.82) is 0 Å². The number of nitrogens with zero attached hydrogens (tertiary/aromatic N) is 1. The van der Waals surface area contributed by atoms with Gasteiger partial charge in [-0.2, -0.15) is 0 Å². The lowest BCUT2D eigenvalue weighted by Gasteiger charge is -2.12. The van der Waals surface area contributed by atoms with E-state index in [-0.39, 0.29) is 11.3 Å². The molecule has 1 unspecified atom stereocenters. The van der Waals surface area contributed by atoms with Gasteiger partial charge in [0.05, 0.1) is 6.42 Å². The average molecular weight is 276 g/mol. The van der Waals surface area contributed by atoms with Gasteiger partial charge in [-0.25, -0.2) is 0 Å². The highest BCUT2D eigenvalue weighted by Crippen LogP contribution is 2.35. The first kappa shape index (κ1) is 12.3. The number of aryl methyl sites for hydroxylation is 1. The zero-order valence-corrected chi connectivity index (χ0v) is 11.6. The molecule has 1 aliphatic rings. The Kier molecular flexibility index (Phi) is 2.86. The first-order chi connectivity index (χ1) is 9.06. The highest BCUT2D eigenvalue weighted by Gasteiger charge is 2.25. The summed E-state index contributed by atoms with van der Waals surface area (Å²) in [5, 5.41) is -0.319. The first-order valence-corrected chi connectivity index (χ1v) is 6.59. The molecule has 0 saturated heterocycles. The van der Waals surface area contributed by atoms with E-state index in [1.165, 1.54) is 0 Å². The lowest BCUT2D eigenvalue weighted by molar-refractivity contribution is -0.117. The van der Waals surface area contributed by atoms with Crippen LogP contribution in [0, 0.1) is 6.92 Å². The number of halogens is 1. The minimum absolute atomic E-state index is 0.118. The van der Waals surface area contributed by atoms with E-state index in [1.807, 2.05) is 37.3 Å². The first-order valence-electron chi connectivity index (χ1n) is 6.16. The van der Waals surface area contributed by atoms with Gasteiger partial charge in [-0.05, 0) is 36.2 Å². The number of furan rings is 1. The molecule has 4 heteroatoms. The number of anilines is 1. The summed E-state index contributed by atoms with van der Waals surface area (Å²) in [6.45, 7) is 1.89. The largest absolute Gasteiger partial charge is 0.464 e. The zero-order valence-electron chi connectivity index (χ0n) is 10.8. The Hall–Kier alpha value is -1.74. The van der Waals surface area contributed by atoms with Gasteiger partial charge in [0, 0.05) is 12.7 Å². The van der Waals surface area contributed by atoms with E-state index in [2.05, 4.69) is 0 Å². The molecule has 1 atom stereocenters. The maximum atomic E-state index is 11.7. The van der Waals surface area contributed by atoms with E-state index in [9.17, 15) is 4.79 Å². The molecule has 0 saturated carbocycles. The number of amides is 1. The quantitative estimate of drug-likeness (QED) is 0.787. The third-order valence-electron chi connectivity index (χ3n) is 3.48. The van der Waals surface area contributed by atoms with Crippen molar-refractivity contribution in [2.24, 2.45) is 0 Å². The van der Waals surface area contributed by atoms with E-state index in [0.717, 1.165) is 28.3 Å². The normalized spacial score (nSPS) is 15.7. The summed E-state index contributed by atoms with van der Waals surface area (Å²) in [4.78, 5) is 13.3. The molecule has 3 rings (SSSR count). The van der Waals surface area contributed by atoms with Crippen LogP contribution in [0.25, 0.3) is 0 Å². The van der Waals surface area contributed by atoms with Crippen LogP contribution in [0.1, 0.15) is 28.0 Å². The monoisotopic (exact) mass is 275 g/mol. The van der Waals surface area contributed by atoms with Gasteiger partial charge in [-0.1, -0.05) is 12.1 Å². The summed E-state index contributed by atoms with van der Waals surface area (Å²) >= 11 is 6.43. The smallest absolute Gasteiger partial charge is 0.231 e. The Morgan fingerprint density at radius 3 is 2.79 bits per heavy atom. The van der Waals surface area contributed by atoms with Crippen molar-refractivity contribution in [2.45, 2.75) is 18.7 Å². The standard InChI is InChI=1S/C15H14ClNO2/c1-9-3-6-13(19-9)15(16)10-4-5-12-11(7-10)8-14(18)17(12)2/h3-7,15H,8H2,1-2H3. The molecule has 1 aromatic carbocycles. The second-order valence-corrected chi connectivity index (χ2v) is 5.27. The Balaban J connectivity index is 1.95. The van der Waals surface area contributed by atoms with Gasteiger partial charge in [0.1, 0.15) is 16.9 Å². The van der Waals surface area contributed by atoms with Crippen molar-refractivity contribution in [1.82, 2.24) is 0 Å². The fraction of sp³-hybridized carbons (Fsp3) is 0.267. The van der Waals surface area contributed by atoms with Crippen LogP contribution >= 0.6 is 11.6 Å². The lowest BCUT2D eigenvalue weighted by Crippen LogP contribution is -2.20. The van der Waals surface area contributed by atoms with Gasteiger partial charge in [-0.15, -0.1) is 11.6 Å². The predicted molar refractivity (Wildman–Crippen MR) is 74.7 cm³/mol. The molecule has 2 aromatic rings. The second-order valence-electron chi connectivity index (χ2n) is 4.83. The molecule has 0 bridgehead atoms. The summed E-state index contributed by atoms with van der Waals surface area (Å²) in [5.41, 5.74) is 2.95. The number of hydrogen-bond donors (Lipinski definition) is 0. The topological polar surface area (TPSA) is 33.5 Å². The van der Waals surface area contributed by atoms with E-state index in [0.29, 0.717) is 6.42 Å². The van der Waals surface area contributed by atoms with E-state index >= 15 is 0 Å². The van der Waals surface area contributed by atoms with Gasteiger partial charge < -0.3 is 9.32 Å². The molecule has 19 heavy (non-hydrogen) atoms. The summed E-state index contributed by atoms with van der Waals surface area (Å²) in [7, 11) is 1.79. The fourth-order valence-corrected chi connectivity index (χ4v) is 2.65. The van der Waals surface area contributed by atoms with E-state index < -0.39 is 0 Å². The predicted octanol–water partition coefficient (Wildman–Crippen LogP) is 3.44. The number of fused-ring (bicyclic) bond motifs is 1. The molecule has 1 aromatic heterocycles. The van der Waals surface area contributed by atoms with Gasteiger partial charge in [0.15, 0.2) is 0 Å². The van der Waals surface area contributed by atoms with Crippen LogP contribution in [-0.4, -0.2) is 13.0 Å². The number of rotatable bonds is 2. The zero-order chi connectivity index (χ0) is 13.6. The van der Waals surface area contributed by atoms with Crippen LogP contribution in [0.3, 0.4) is 0 Å². The summed E-state index contributed by atoms with van der Waals surface area (Å²) < 4.78 is 5.55. The molecule has 98 valence electrons. The van der Waals surface area contributed by atoms with Crippen LogP contribution < -0.4 is 4.90 Å². The number of hydrogen-bond acceptors (Lipinski definition) is 2. The van der Waals surface area contributed by atoms with Crippen LogP contribution in [0.2, 0.25) is 0 Å². The van der Waals surface area contributed by atoms with Gasteiger partial charge in [0.2, 0.25) is 5.91 Å². The fourth-order valence-electron chi connectivity index (χ4n) is 2.40. The molecule has 0 N–H and O–H groups in total. The van der Waals surface area contributed by atoms with Gasteiger partial charge in [0.25, 0.3) is 0 Å². The third kappa shape index (κ3) is 2.04. The van der Waals surface area contributed by atoms with Crippen LogP contribution in [0.15, 0.2) is 34.7 Å². The highest BCUT2D eigenvalue weighted by atomic mass is 35.5.